The van der Waals surface area contributed by atoms with Crippen molar-refractivity contribution < 1.29 is 15.6 Å². The summed E-state index contributed by atoms with van der Waals surface area (Å²) in [6.07, 6.45) is 0. The molecule has 1 aromatic carbocycles. The predicted octanol–water partition coefficient (Wildman–Crippen LogP) is 1.17. The Labute approximate surface area is 83.7 Å². The number of carbonyl (C=O) groups is 1. The van der Waals surface area contributed by atoms with Crippen molar-refractivity contribution in [3.8, 4) is 0 Å². The summed E-state index contributed by atoms with van der Waals surface area (Å²) in [4.78, 5) is 10.7. The SMILES string of the molecule is Cc1cc(I)c([NH3+])cc1C(=O)O. The zero-order valence-corrected chi connectivity index (χ0v) is 8.75. The van der Waals surface area contributed by atoms with Gasteiger partial charge in [0.05, 0.1) is 9.13 Å². The van der Waals surface area contributed by atoms with Gasteiger partial charge in [-0.25, -0.2) is 4.79 Å². The molecule has 1 aromatic rings. The second-order valence-corrected chi connectivity index (χ2v) is 3.73. The number of hydrogen-bond donors (Lipinski definition) is 2. The molecule has 0 radical (unpaired) electrons. The average Bonchev–Trinajstić information content (AvgIpc) is 1.96. The molecule has 4 heteroatoms. The van der Waals surface area contributed by atoms with Crippen molar-refractivity contribution in [3.63, 3.8) is 0 Å². The predicted molar refractivity (Wildman–Crippen MR) is 53.4 cm³/mol. The van der Waals surface area contributed by atoms with Crippen LogP contribution in [-0.4, -0.2) is 11.1 Å². The second kappa shape index (κ2) is 3.40. The van der Waals surface area contributed by atoms with Gasteiger partial charge in [0, 0.05) is 6.07 Å². The van der Waals surface area contributed by atoms with Crippen LogP contribution in [0.4, 0.5) is 5.69 Å². The molecule has 3 nitrogen and oxygen atoms in total. The molecule has 0 fully saturated rings. The van der Waals surface area contributed by atoms with Crippen LogP contribution in [0.1, 0.15) is 15.9 Å². The van der Waals surface area contributed by atoms with Crippen molar-refractivity contribution in [2.24, 2.45) is 0 Å². The number of benzene rings is 1. The Morgan fingerprint density at radius 3 is 2.67 bits per heavy atom. The number of carboxylic acid groups (broad SMARTS) is 1. The highest BCUT2D eigenvalue weighted by atomic mass is 127. The minimum atomic E-state index is -0.895. The maximum absolute atomic E-state index is 10.7. The first-order chi connectivity index (χ1) is 5.52. The zero-order valence-electron chi connectivity index (χ0n) is 6.60. The van der Waals surface area contributed by atoms with E-state index in [1.807, 2.05) is 6.07 Å². The highest BCUT2D eigenvalue weighted by Crippen LogP contribution is 2.18. The third kappa shape index (κ3) is 1.75. The monoisotopic (exact) mass is 278 g/mol. The minimum absolute atomic E-state index is 0.334. The van der Waals surface area contributed by atoms with Crippen LogP contribution in [-0.2, 0) is 0 Å². The molecule has 64 valence electrons. The van der Waals surface area contributed by atoms with E-state index in [0.29, 0.717) is 5.56 Å². The molecule has 0 unspecified atom stereocenters. The van der Waals surface area contributed by atoms with E-state index >= 15 is 0 Å². The number of hydrogen-bond acceptors (Lipinski definition) is 1. The summed E-state index contributed by atoms with van der Waals surface area (Å²) < 4.78 is 0.995. The standard InChI is InChI=1S/C8H8INO2/c1-4-2-6(9)7(10)3-5(4)8(11)12/h2-3H,10H2,1H3,(H,11,12)/p+1. The lowest BCUT2D eigenvalue weighted by molar-refractivity contribution is -0.256. The summed E-state index contributed by atoms with van der Waals surface area (Å²) in [7, 11) is 0. The van der Waals surface area contributed by atoms with Gasteiger partial charge in [-0.15, -0.1) is 0 Å². The molecular formula is C8H9INO2+. The number of aryl methyl sites for hydroxylation is 1. The highest BCUT2D eigenvalue weighted by Gasteiger charge is 2.10. The molecule has 0 aromatic heterocycles. The van der Waals surface area contributed by atoms with Gasteiger partial charge in [-0.1, -0.05) is 0 Å². The summed E-state index contributed by atoms with van der Waals surface area (Å²) in [6, 6.07) is 3.42. The van der Waals surface area contributed by atoms with Gasteiger partial charge in [0.15, 0.2) is 0 Å². The third-order valence-corrected chi connectivity index (χ3v) is 2.63. The van der Waals surface area contributed by atoms with Gasteiger partial charge >= 0.3 is 5.97 Å². The normalized spacial score (nSPS) is 9.92. The Morgan fingerprint density at radius 1 is 1.58 bits per heavy atom. The van der Waals surface area contributed by atoms with Gasteiger partial charge in [0.1, 0.15) is 5.69 Å². The fourth-order valence-electron chi connectivity index (χ4n) is 0.948. The first-order valence-corrected chi connectivity index (χ1v) is 4.45. The van der Waals surface area contributed by atoms with Crippen LogP contribution in [0.5, 0.6) is 0 Å². The van der Waals surface area contributed by atoms with Crippen LogP contribution in [0.3, 0.4) is 0 Å². The highest BCUT2D eigenvalue weighted by molar-refractivity contribution is 14.1. The van der Waals surface area contributed by atoms with Gasteiger partial charge in [-0.2, -0.15) is 0 Å². The van der Waals surface area contributed by atoms with Crippen molar-refractivity contribution >= 4 is 34.2 Å². The van der Waals surface area contributed by atoms with Crippen LogP contribution in [0.15, 0.2) is 12.1 Å². The quantitative estimate of drug-likeness (QED) is 0.757. The fourth-order valence-corrected chi connectivity index (χ4v) is 1.57. The molecule has 12 heavy (non-hydrogen) atoms. The van der Waals surface area contributed by atoms with Crippen LogP contribution in [0.25, 0.3) is 0 Å². The largest absolute Gasteiger partial charge is 0.478 e. The molecule has 4 N–H and O–H groups in total. The van der Waals surface area contributed by atoms with Crippen LogP contribution in [0.2, 0.25) is 0 Å². The van der Waals surface area contributed by atoms with Crippen molar-refractivity contribution in [1.29, 1.82) is 0 Å². The van der Waals surface area contributed by atoms with Gasteiger partial charge in [-0.05, 0) is 41.1 Å². The van der Waals surface area contributed by atoms with Gasteiger partial charge < -0.3 is 10.8 Å². The maximum Gasteiger partial charge on any atom is 0.336 e. The van der Waals surface area contributed by atoms with Gasteiger partial charge in [0.2, 0.25) is 0 Å². The number of aromatic carboxylic acids is 1. The number of carboxylic acids is 1. The Bertz CT molecular complexity index is 336. The smallest absolute Gasteiger partial charge is 0.336 e. The van der Waals surface area contributed by atoms with E-state index in [1.54, 1.807) is 13.0 Å². The number of rotatable bonds is 1. The molecule has 0 aliphatic rings. The Morgan fingerprint density at radius 2 is 2.17 bits per heavy atom. The topological polar surface area (TPSA) is 64.9 Å². The van der Waals surface area contributed by atoms with Crippen molar-refractivity contribution in [3.05, 3.63) is 26.8 Å². The molecule has 0 saturated heterocycles. The molecule has 0 spiro atoms. The van der Waals surface area contributed by atoms with Crippen molar-refractivity contribution in [2.45, 2.75) is 6.92 Å². The molecule has 0 saturated carbocycles. The lowest BCUT2D eigenvalue weighted by Gasteiger charge is -2.01. The van der Waals surface area contributed by atoms with Gasteiger partial charge in [0.25, 0.3) is 0 Å². The summed E-state index contributed by atoms with van der Waals surface area (Å²) in [5.41, 5.74) is 5.61. The van der Waals surface area contributed by atoms with Crippen LogP contribution in [0, 0.1) is 10.5 Å². The minimum Gasteiger partial charge on any atom is -0.478 e. The maximum atomic E-state index is 10.7. The Balaban J connectivity index is 3.33. The zero-order chi connectivity index (χ0) is 9.30. The van der Waals surface area contributed by atoms with E-state index in [0.717, 1.165) is 14.8 Å². The molecule has 0 atom stereocenters. The molecule has 0 heterocycles. The summed E-state index contributed by atoms with van der Waals surface area (Å²) >= 11 is 2.13. The van der Waals surface area contributed by atoms with E-state index in [1.165, 1.54) is 0 Å². The second-order valence-electron chi connectivity index (χ2n) is 2.56. The van der Waals surface area contributed by atoms with Crippen molar-refractivity contribution in [1.82, 2.24) is 0 Å². The Kier molecular flexibility index (Phi) is 2.69. The first-order valence-electron chi connectivity index (χ1n) is 3.37. The number of halogens is 1. The number of quaternary nitrogens is 1. The van der Waals surface area contributed by atoms with E-state index in [9.17, 15) is 4.79 Å². The molecule has 0 bridgehead atoms. The van der Waals surface area contributed by atoms with E-state index < -0.39 is 5.97 Å². The first kappa shape index (κ1) is 9.47. The molecule has 0 aliphatic heterocycles. The third-order valence-electron chi connectivity index (χ3n) is 1.62. The van der Waals surface area contributed by atoms with E-state index in [2.05, 4.69) is 28.3 Å². The average molecular weight is 278 g/mol. The van der Waals surface area contributed by atoms with E-state index in [-0.39, 0.29) is 0 Å². The lowest BCUT2D eigenvalue weighted by Crippen LogP contribution is -2.41. The van der Waals surface area contributed by atoms with E-state index in [4.69, 9.17) is 5.11 Å². The summed E-state index contributed by atoms with van der Waals surface area (Å²) in [6.45, 7) is 1.78. The van der Waals surface area contributed by atoms with Crippen LogP contribution >= 0.6 is 22.6 Å². The molecule has 0 aliphatic carbocycles. The van der Waals surface area contributed by atoms with Crippen molar-refractivity contribution in [2.75, 3.05) is 0 Å². The Hall–Kier alpha value is -0.620. The lowest BCUT2D eigenvalue weighted by atomic mass is 10.1. The molecular weight excluding hydrogens is 269 g/mol. The summed E-state index contributed by atoms with van der Waals surface area (Å²) in [5, 5.41) is 8.75. The van der Waals surface area contributed by atoms with Crippen LogP contribution < -0.4 is 5.73 Å². The van der Waals surface area contributed by atoms with Gasteiger partial charge in [-0.3, -0.25) is 0 Å². The summed E-state index contributed by atoms with van der Waals surface area (Å²) in [5.74, 6) is -0.895. The fraction of sp³-hybridized carbons (Fsp3) is 0.125. The molecule has 1 rings (SSSR count). The molecule has 0 amide bonds.